The van der Waals surface area contributed by atoms with Crippen molar-refractivity contribution in [1.29, 1.82) is 0 Å². The summed E-state index contributed by atoms with van der Waals surface area (Å²) in [5.41, 5.74) is 1.00. The monoisotopic (exact) mass is 206 g/mol. The van der Waals surface area contributed by atoms with Gasteiger partial charge in [-0.25, -0.2) is 0 Å². The molecule has 0 bridgehead atoms. The van der Waals surface area contributed by atoms with Crippen LogP contribution in [0.15, 0.2) is 12.2 Å². The first kappa shape index (κ1) is 10.9. The van der Waals surface area contributed by atoms with Gasteiger partial charge >= 0.3 is 0 Å². The fraction of sp³-hybridized carbons (Fsp3) is 0.250. The number of rotatable bonds is 3. The molecule has 1 aromatic rings. The zero-order chi connectivity index (χ0) is 10.6. The summed E-state index contributed by atoms with van der Waals surface area (Å²) in [6, 6.07) is 0. The number of hydrogen-bond donors (Lipinski definition) is 0. The highest BCUT2D eigenvalue weighted by Crippen LogP contribution is 2.02. The Morgan fingerprint density at radius 2 is 2.21 bits per heavy atom. The molecule has 0 spiro atoms. The van der Waals surface area contributed by atoms with Gasteiger partial charge in [0.1, 0.15) is 0 Å². The summed E-state index contributed by atoms with van der Waals surface area (Å²) in [6.07, 6.45) is 8.02. The summed E-state index contributed by atoms with van der Waals surface area (Å²) < 4.78 is 1.08. The van der Waals surface area contributed by atoms with Gasteiger partial charge in [-0.05, 0) is 30.2 Å². The Bertz CT molecular complexity index is 451. The first-order valence-corrected chi connectivity index (χ1v) is 5.42. The van der Waals surface area contributed by atoms with Crippen LogP contribution in [0.4, 0.5) is 0 Å². The van der Waals surface area contributed by atoms with Crippen LogP contribution in [0.25, 0.3) is 12.7 Å². The van der Waals surface area contributed by atoms with Gasteiger partial charge in [0.05, 0.1) is 4.88 Å². The number of hydrogen-bond acceptors (Lipinski definition) is 2. The van der Waals surface area contributed by atoms with Gasteiger partial charge in [0.15, 0.2) is 6.29 Å². The largest absolute Gasteiger partial charge is 0.297 e. The van der Waals surface area contributed by atoms with E-state index in [1.807, 2.05) is 19.1 Å². The molecule has 0 aromatic carbocycles. The minimum absolute atomic E-state index is 0.783. The first-order chi connectivity index (χ1) is 6.70. The topological polar surface area (TPSA) is 17.1 Å². The van der Waals surface area contributed by atoms with Gasteiger partial charge in [-0.15, -0.1) is 11.3 Å². The molecule has 2 heteroatoms. The fourth-order valence-electron chi connectivity index (χ4n) is 1.13. The lowest BCUT2D eigenvalue weighted by molar-refractivity contribution is 0.112. The molecule has 0 radical (unpaired) electrons. The Balaban J connectivity index is 3.23. The van der Waals surface area contributed by atoms with Crippen LogP contribution in [0, 0.1) is 6.92 Å². The van der Waals surface area contributed by atoms with E-state index in [0.29, 0.717) is 0 Å². The predicted octanol–water partition coefficient (Wildman–Crippen LogP) is 2.03. The van der Waals surface area contributed by atoms with Crippen molar-refractivity contribution in [2.75, 3.05) is 0 Å². The molecule has 14 heavy (non-hydrogen) atoms. The molecular weight excluding hydrogens is 192 g/mol. The molecule has 0 aliphatic carbocycles. The molecule has 1 nitrogen and oxygen atoms in total. The molecule has 0 aliphatic rings. The van der Waals surface area contributed by atoms with Crippen LogP contribution < -0.4 is 9.75 Å². The Labute approximate surface area is 88.1 Å². The second-order valence-electron chi connectivity index (χ2n) is 3.06. The highest BCUT2D eigenvalue weighted by molar-refractivity contribution is 7.11. The molecule has 1 rings (SSSR count). The second-order valence-corrected chi connectivity index (χ2v) is 4.14. The summed E-state index contributed by atoms with van der Waals surface area (Å²) >= 11 is 1.50. The Morgan fingerprint density at radius 3 is 2.71 bits per heavy atom. The van der Waals surface area contributed by atoms with E-state index in [1.54, 1.807) is 0 Å². The van der Waals surface area contributed by atoms with Crippen molar-refractivity contribution in [3.05, 3.63) is 32.3 Å². The van der Waals surface area contributed by atoms with Gasteiger partial charge in [0.2, 0.25) is 0 Å². The standard InChI is InChI=1S/C12H14OS/c1-4-5-6-7-11-9(2)10(3)12(8-13)14-11/h5-8H,2,4H2,1,3H3/b6-5+,11-7+. The number of carbonyl (C=O) groups is 1. The highest BCUT2D eigenvalue weighted by atomic mass is 32.1. The Hall–Kier alpha value is -1.15. The Kier molecular flexibility index (Phi) is 3.84. The van der Waals surface area contributed by atoms with E-state index >= 15 is 0 Å². The fourth-order valence-corrected chi connectivity index (χ4v) is 2.11. The number of allylic oxidation sites excluding steroid dienone is 2. The first-order valence-electron chi connectivity index (χ1n) is 4.61. The third-order valence-electron chi connectivity index (χ3n) is 2.07. The number of aldehydes is 1. The summed E-state index contributed by atoms with van der Waals surface area (Å²) in [4.78, 5) is 11.5. The molecular formula is C12H14OS. The molecule has 0 saturated carbocycles. The third kappa shape index (κ3) is 2.20. The minimum Gasteiger partial charge on any atom is -0.297 e. The van der Waals surface area contributed by atoms with Crippen molar-refractivity contribution in [3.63, 3.8) is 0 Å². The van der Waals surface area contributed by atoms with E-state index in [4.69, 9.17) is 0 Å². The van der Waals surface area contributed by atoms with Gasteiger partial charge in [0, 0.05) is 4.53 Å². The molecule has 1 aromatic heterocycles. The SMILES string of the molecule is C=c1c(C)c(C=O)s/c1=C/C=C/CC. The average molecular weight is 206 g/mol. The lowest BCUT2D eigenvalue weighted by atomic mass is 10.2. The molecule has 0 N–H and O–H groups in total. The highest BCUT2D eigenvalue weighted by Gasteiger charge is 2.00. The summed E-state index contributed by atoms with van der Waals surface area (Å²) in [5, 5.41) is 0.970. The lowest BCUT2D eigenvalue weighted by Gasteiger charge is -1.81. The van der Waals surface area contributed by atoms with E-state index in [2.05, 4.69) is 19.6 Å². The molecule has 0 saturated heterocycles. The number of thiophene rings is 1. The van der Waals surface area contributed by atoms with E-state index in [9.17, 15) is 4.79 Å². The van der Waals surface area contributed by atoms with E-state index in [1.165, 1.54) is 11.3 Å². The van der Waals surface area contributed by atoms with Crippen molar-refractivity contribution >= 4 is 30.3 Å². The summed E-state index contributed by atoms with van der Waals surface area (Å²) in [6.45, 7) is 7.98. The molecule has 0 atom stereocenters. The van der Waals surface area contributed by atoms with Crippen LogP contribution in [0.1, 0.15) is 28.6 Å². The normalized spacial score (nSPS) is 12.6. The van der Waals surface area contributed by atoms with Gasteiger partial charge in [-0.3, -0.25) is 4.79 Å². The average Bonchev–Trinajstić information content (AvgIpc) is 2.46. The van der Waals surface area contributed by atoms with Crippen molar-refractivity contribution in [3.8, 4) is 0 Å². The lowest BCUT2D eigenvalue weighted by Crippen LogP contribution is -2.17. The third-order valence-corrected chi connectivity index (χ3v) is 3.29. The van der Waals surface area contributed by atoms with Crippen molar-refractivity contribution in [2.45, 2.75) is 20.3 Å². The number of carbonyl (C=O) groups excluding carboxylic acids is 1. The van der Waals surface area contributed by atoms with Crippen molar-refractivity contribution in [1.82, 2.24) is 0 Å². The van der Waals surface area contributed by atoms with Crippen LogP contribution in [-0.2, 0) is 0 Å². The van der Waals surface area contributed by atoms with E-state index in [0.717, 1.165) is 32.9 Å². The van der Waals surface area contributed by atoms with Gasteiger partial charge in [0.25, 0.3) is 0 Å². The molecule has 0 amide bonds. The molecule has 74 valence electrons. The van der Waals surface area contributed by atoms with Crippen LogP contribution in [0.2, 0.25) is 0 Å². The Morgan fingerprint density at radius 1 is 1.50 bits per heavy atom. The quantitative estimate of drug-likeness (QED) is 0.692. The molecule has 0 fully saturated rings. The van der Waals surface area contributed by atoms with Crippen LogP contribution in [-0.4, -0.2) is 6.29 Å². The van der Waals surface area contributed by atoms with Crippen LogP contribution in [0.3, 0.4) is 0 Å². The minimum atomic E-state index is 0.783. The maximum Gasteiger partial charge on any atom is 0.160 e. The zero-order valence-electron chi connectivity index (χ0n) is 8.54. The van der Waals surface area contributed by atoms with Crippen LogP contribution in [0.5, 0.6) is 0 Å². The van der Waals surface area contributed by atoms with Gasteiger partial charge in [-0.2, -0.15) is 0 Å². The van der Waals surface area contributed by atoms with Crippen molar-refractivity contribution < 1.29 is 4.79 Å². The van der Waals surface area contributed by atoms with E-state index < -0.39 is 0 Å². The molecule has 1 heterocycles. The second kappa shape index (κ2) is 4.91. The van der Waals surface area contributed by atoms with Crippen molar-refractivity contribution in [2.24, 2.45) is 0 Å². The predicted molar refractivity (Wildman–Crippen MR) is 63.1 cm³/mol. The maximum atomic E-state index is 10.7. The zero-order valence-corrected chi connectivity index (χ0v) is 9.36. The summed E-state index contributed by atoms with van der Waals surface area (Å²) in [5.74, 6) is 0. The maximum absolute atomic E-state index is 10.7. The van der Waals surface area contributed by atoms with Crippen LogP contribution >= 0.6 is 11.3 Å². The molecule has 0 aliphatic heterocycles. The smallest absolute Gasteiger partial charge is 0.160 e. The van der Waals surface area contributed by atoms with Gasteiger partial charge in [-0.1, -0.05) is 25.7 Å². The van der Waals surface area contributed by atoms with E-state index in [-0.39, 0.29) is 0 Å². The molecule has 0 unspecified atom stereocenters. The van der Waals surface area contributed by atoms with Gasteiger partial charge < -0.3 is 0 Å². The summed E-state index contributed by atoms with van der Waals surface area (Å²) in [7, 11) is 0.